The van der Waals surface area contributed by atoms with Gasteiger partial charge >= 0.3 is 0 Å². The Morgan fingerprint density at radius 2 is 1.75 bits per heavy atom. The second kappa shape index (κ2) is 11.5. The number of methoxy groups -OCH3 is 2. The molecule has 3 N–H and O–H groups in total. The molecule has 0 saturated heterocycles. The first-order chi connectivity index (χ1) is 13.7. The number of amides is 1. The number of benzene rings is 2. The van der Waals surface area contributed by atoms with Crippen LogP contribution in [0, 0.1) is 0 Å². The highest BCUT2D eigenvalue weighted by Gasteiger charge is 2.06. The number of ether oxygens (including phenoxy) is 2. The molecule has 0 radical (unpaired) electrons. The van der Waals surface area contributed by atoms with Crippen molar-refractivity contribution in [2.45, 2.75) is 13.3 Å². The minimum atomic E-state index is -0.164. The molecule has 150 valence electrons. The molecule has 28 heavy (non-hydrogen) atoms. The van der Waals surface area contributed by atoms with Gasteiger partial charge in [-0.25, -0.2) is 4.99 Å². The second-order valence-electron chi connectivity index (χ2n) is 5.98. The van der Waals surface area contributed by atoms with E-state index in [1.807, 2.05) is 55.5 Å². The molecule has 7 heteroatoms. The Kier molecular flexibility index (Phi) is 8.65. The normalized spacial score (nSPS) is 10.9. The van der Waals surface area contributed by atoms with Crippen LogP contribution in [0.5, 0.6) is 11.5 Å². The van der Waals surface area contributed by atoms with Crippen molar-refractivity contribution in [2.75, 3.05) is 39.2 Å². The minimum absolute atomic E-state index is 0.0422. The molecule has 0 saturated carbocycles. The van der Waals surface area contributed by atoms with E-state index in [2.05, 4.69) is 20.9 Å². The molecule has 0 aliphatic rings. The minimum Gasteiger partial charge on any atom is -0.493 e. The average Bonchev–Trinajstić information content (AvgIpc) is 2.72. The van der Waals surface area contributed by atoms with Crippen molar-refractivity contribution in [1.29, 1.82) is 0 Å². The standard InChI is InChI=1S/C21H28N4O3/c1-4-22-21(24-15-20(26)25-17-8-6-5-7-9-17)23-13-12-16-10-11-18(27-2)19(14-16)28-3/h5-11,14H,4,12-13,15H2,1-3H3,(H,25,26)(H2,22,23,24). The van der Waals surface area contributed by atoms with E-state index in [4.69, 9.17) is 9.47 Å². The molecule has 0 heterocycles. The summed E-state index contributed by atoms with van der Waals surface area (Å²) in [6, 6.07) is 15.2. The maximum Gasteiger partial charge on any atom is 0.246 e. The molecular formula is C21H28N4O3. The van der Waals surface area contributed by atoms with Crippen molar-refractivity contribution in [3.63, 3.8) is 0 Å². The van der Waals surface area contributed by atoms with Gasteiger partial charge in [-0.2, -0.15) is 0 Å². The van der Waals surface area contributed by atoms with Crippen LogP contribution in [-0.4, -0.2) is 45.7 Å². The SMILES string of the molecule is CCNC(=NCC(=O)Nc1ccccc1)NCCc1ccc(OC)c(OC)c1. The van der Waals surface area contributed by atoms with E-state index in [1.165, 1.54) is 0 Å². The summed E-state index contributed by atoms with van der Waals surface area (Å²) in [5, 5.41) is 9.20. The third-order valence-corrected chi connectivity index (χ3v) is 3.94. The van der Waals surface area contributed by atoms with Gasteiger partial charge < -0.3 is 25.4 Å². The van der Waals surface area contributed by atoms with E-state index in [0.717, 1.165) is 17.7 Å². The number of nitrogens with zero attached hydrogens (tertiary/aromatic N) is 1. The first kappa shape index (κ1) is 21.1. The quantitative estimate of drug-likeness (QED) is 0.457. The average molecular weight is 384 g/mol. The first-order valence-corrected chi connectivity index (χ1v) is 9.24. The summed E-state index contributed by atoms with van der Waals surface area (Å²) in [6.07, 6.45) is 0.779. The highest BCUT2D eigenvalue weighted by atomic mass is 16.5. The van der Waals surface area contributed by atoms with Crippen LogP contribution in [0.1, 0.15) is 12.5 Å². The molecule has 0 aliphatic carbocycles. The summed E-state index contributed by atoms with van der Waals surface area (Å²) in [6.45, 7) is 3.40. The number of para-hydroxylation sites is 1. The Morgan fingerprint density at radius 1 is 1.00 bits per heavy atom. The number of anilines is 1. The van der Waals surface area contributed by atoms with Crippen LogP contribution in [0.15, 0.2) is 53.5 Å². The first-order valence-electron chi connectivity index (χ1n) is 9.24. The van der Waals surface area contributed by atoms with Gasteiger partial charge in [-0.1, -0.05) is 24.3 Å². The van der Waals surface area contributed by atoms with Gasteiger partial charge in [-0.05, 0) is 43.2 Å². The molecule has 0 unspecified atom stereocenters. The lowest BCUT2D eigenvalue weighted by Crippen LogP contribution is -2.39. The molecule has 0 spiro atoms. The van der Waals surface area contributed by atoms with Gasteiger partial charge in [0.15, 0.2) is 17.5 Å². The Hall–Kier alpha value is -3.22. The Morgan fingerprint density at radius 3 is 2.43 bits per heavy atom. The van der Waals surface area contributed by atoms with Crippen LogP contribution in [-0.2, 0) is 11.2 Å². The van der Waals surface area contributed by atoms with Crippen molar-refractivity contribution in [2.24, 2.45) is 4.99 Å². The van der Waals surface area contributed by atoms with Crippen molar-refractivity contribution in [3.8, 4) is 11.5 Å². The lowest BCUT2D eigenvalue weighted by atomic mass is 10.1. The lowest BCUT2D eigenvalue weighted by molar-refractivity contribution is -0.114. The predicted octanol–water partition coefficient (Wildman–Crippen LogP) is 2.44. The number of carbonyl (C=O) groups is 1. The number of hydrogen-bond donors (Lipinski definition) is 3. The van der Waals surface area contributed by atoms with Gasteiger partial charge in [-0.3, -0.25) is 4.79 Å². The molecule has 7 nitrogen and oxygen atoms in total. The largest absolute Gasteiger partial charge is 0.493 e. The molecule has 0 fully saturated rings. The number of carbonyl (C=O) groups excluding carboxylic acids is 1. The fourth-order valence-electron chi connectivity index (χ4n) is 2.58. The molecule has 2 rings (SSSR count). The van der Waals surface area contributed by atoms with Crippen LogP contribution < -0.4 is 25.4 Å². The Bertz CT molecular complexity index is 778. The maximum atomic E-state index is 12.0. The summed E-state index contributed by atoms with van der Waals surface area (Å²) in [7, 11) is 3.24. The van der Waals surface area contributed by atoms with Crippen LogP contribution >= 0.6 is 0 Å². The van der Waals surface area contributed by atoms with Gasteiger partial charge in [0.05, 0.1) is 14.2 Å². The third-order valence-electron chi connectivity index (χ3n) is 3.94. The predicted molar refractivity (Wildman–Crippen MR) is 112 cm³/mol. The summed E-state index contributed by atoms with van der Waals surface area (Å²) < 4.78 is 10.6. The van der Waals surface area contributed by atoms with E-state index in [9.17, 15) is 4.79 Å². The zero-order valence-electron chi connectivity index (χ0n) is 16.6. The van der Waals surface area contributed by atoms with Gasteiger partial charge in [0.2, 0.25) is 5.91 Å². The number of guanidine groups is 1. The van der Waals surface area contributed by atoms with Crippen LogP contribution in [0.25, 0.3) is 0 Å². The second-order valence-corrected chi connectivity index (χ2v) is 5.98. The van der Waals surface area contributed by atoms with Crippen molar-refractivity contribution in [1.82, 2.24) is 10.6 Å². The van der Waals surface area contributed by atoms with Crippen molar-refractivity contribution in [3.05, 3.63) is 54.1 Å². The van der Waals surface area contributed by atoms with Gasteiger partial charge in [0.25, 0.3) is 0 Å². The van der Waals surface area contributed by atoms with Gasteiger partial charge in [0, 0.05) is 18.8 Å². The number of aliphatic imine (C=N–C) groups is 1. The summed E-state index contributed by atoms with van der Waals surface area (Å²) in [5.41, 5.74) is 1.87. The van der Waals surface area contributed by atoms with Crippen LogP contribution in [0.3, 0.4) is 0 Å². The molecular weight excluding hydrogens is 356 g/mol. The fourth-order valence-corrected chi connectivity index (χ4v) is 2.58. The number of rotatable bonds is 9. The fraction of sp³-hybridized carbons (Fsp3) is 0.333. The topological polar surface area (TPSA) is 84.0 Å². The molecule has 0 bridgehead atoms. The van der Waals surface area contributed by atoms with E-state index in [0.29, 0.717) is 30.5 Å². The van der Waals surface area contributed by atoms with E-state index in [-0.39, 0.29) is 12.5 Å². The maximum absolute atomic E-state index is 12.0. The van der Waals surface area contributed by atoms with Crippen molar-refractivity contribution >= 4 is 17.6 Å². The Balaban J connectivity index is 1.86. The summed E-state index contributed by atoms with van der Waals surface area (Å²) in [5.74, 6) is 1.85. The molecule has 2 aromatic carbocycles. The smallest absolute Gasteiger partial charge is 0.246 e. The van der Waals surface area contributed by atoms with Gasteiger partial charge in [-0.15, -0.1) is 0 Å². The van der Waals surface area contributed by atoms with E-state index >= 15 is 0 Å². The Labute approximate surface area is 166 Å². The van der Waals surface area contributed by atoms with Crippen LogP contribution in [0.4, 0.5) is 5.69 Å². The summed E-state index contributed by atoms with van der Waals surface area (Å²) >= 11 is 0. The molecule has 1 amide bonds. The zero-order valence-corrected chi connectivity index (χ0v) is 16.6. The van der Waals surface area contributed by atoms with E-state index < -0.39 is 0 Å². The third kappa shape index (κ3) is 6.83. The van der Waals surface area contributed by atoms with E-state index in [1.54, 1.807) is 14.2 Å². The van der Waals surface area contributed by atoms with Crippen LogP contribution in [0.2, 0.25) is 0 Å². The monoisotopic (exact) mass is 384 g/mol. The highest BCUT2D eigenvalue weighted by Crippen LogP contribution is 2.27. The zero-order chi connectivity index (χ0) is 20.2. The molecule has 0 aromatic heterocycles. The lowest BCUT2D eigenvalue weighted by Gasteiger charge is -2.12. The number of hydrogen-bond acceptors (Lipinski definition) is 4. The molecule has 2 aromatic rings. The molecule has 0 atom stereocenters. The van der Waals surface area contributed by atoms with Crippen molar-refractivity contribution < 1.29 is 14.3 Å². The molecule has 0 aliphatic heterocycles. The van der Waals surface area contributed by atoms with Gasteiger partial charge in [0.1, 0.15) is 6.54 Å². The number of nitrogens with one attached hydrogen (secondary N) is 3. The highest BCUT2D eigenvalue weighted by molar-refractivity contribution is 5.94. The summed E-state index contributed by atoms with van der Waals surface area (Å²) in [4.78, 5) is 16.4.